The Hall–Kier alpha value is -2.74. The van der Waals surface area contributed by atoms with Crippen LogP contribution in [0.5, 0.6) is 0 Å². The minimum atomic E-state index is -0.360. The van der Waals surface area contributed by atoms with Crippen molar-refractivity contribution >= 4 is 34.6 Å². The van der Waals surface area contributed by atoms with Crippen molar-refractivity contribution in [2.45, 2.75) is 12.3 Å². The van der Waals surface area contributed by atoms with Gasteiger partial charge in [0.15, 0.2) is 0 Å². The molecule has 2 heterocycles. The van der Waals surface area contributed by atoms with Crippen LogP contribution in [-0.2, 0) is 24.1 Å². The van der Waals surface area contributed by atoms with Crippen LogP contribution in [0, 0.1) is 0 Å². The van der Waals surface area contributed by atoms with Gasteiger partial charge in [-0.15, -0.1) is 0 Å². The van der Waals surface area contributed by atoms with E-state index in [4.69, 9.17) is 0 Å². The van der Waals surface area contributed by atoms with Crippen molar-refractivity contribution in [1.82, 2.24) is 25.0 Å². The highest BCUT2D eigenvalue weighted by Crippen LogP contribution is 2.18. The Morgan fingerprint density at radius 1 is 1.16 bits per heavy atom. The third kappa shape index (κ3) is 3.69. The fraction of sp³-hybridized carbons (Fsp3) is 0.235. The molecule has 0 bridgehead atoms. The number of nitrogens with one attached hydrogen (secondary N) is 2. The highest BCUT2D eigenvalue weighted by molar-refractivity contribution is 7.97. The fourth-order valence-electron chi connectivity index (χ4n) is 2.61. The van der Waals surface area contributed by atoms with Crippen LogP contribution in [0.4, 0.5) is 0 Å². The van der Waals surface area contributed by atoms with Crippen LogP contribution in [0.2, 0.25) is 0 Å². The molecule has 2 amide bonds. The van der Waals surface area contributed by atoms with E-state index in [9.17, 15) is 9.59 Å². The van der Waals surface area contributed by atoms with Gasteiger partial charge in [0.2, 0.25) is 0 Å². The second-order valence-electron chi connectivity index (χ2n) is 5.54. The molecule has 0 spiro atoms. The molecule has 25 heavy (non-hydrogen) atoms. The number of carbonyl (C=O) groups excluding carboxylic acids is 2. The summed E-state index contributed by atoms with van der Waals surface area (Å²) in [6, 6.07) is 11.1. The summed E-state index contributed by atoms with van der Waals surface area (Å²) in [5.41, 5.74) is 7.12. The van der Waals surface area contributed by atoms with E-state index in [0.29, 0.717) is 11.4 Å². The number of para-hydroxylation sites is 2. The first kappa shape index (κ1) is 17.1. The fourth-order valence-corrected chi connectivity index (χ4v) is 3.09. The molecule has 3 rings (SSSR count). The van der Waals surface area contributed by atoms with Gasteiger partial charge in [-0.25, -0.2) is 4.98 Å². The standard InChI is InChI=1S/C17H19N5O2S/c1-21-9-5-8-14(21)17(24)20-19-16(23)10-22-13-7-4-3-6-12(13)18-15(22)11-25-2/h3-9H,10-11H2,1-2H3,(H,19,23)(H,20,24). The predicted octanol–water partition coefficient (Wildman–Crippen LogP) is 1.70. The zero-order chi connectivity index (χ0) is 17.8. The maximum atomic E-state index is 12.3. The summed E-state index contributed by atoms with van der Waals surface area (Å²) in [6.07, 6.45) is 3.76. The van der Waals surface area contributed by atoms with E-state index in [-0.39, 0.29) is 18.4 Å². The summed E-state index contributed by atoms with van der Waals surface area (Å²) in [5, 5.41) is 0. The SMILES string of the molecule is CSCc1nc2ccccc2n1CC(=O)NNC(=O)c1cccn1C. The lowest BCUT2D eigenvalue weighted by atomic mass is 10.3. The van der Waals surface area contributed by atoms with E-state index >= 15 is 0 Å². The molecule has 0 aliphatic rings. The van der Waals surface area contributed by atoms with Crippen LogP contribution < -0.4 is 10.9 Å². The van der Waals surface area contributed by atoms with E-state index in [2.05, 4.69) is 15.8 Å². The van der Waals surface area contributed by atoms with E-state index in [1.165, 1.54) is 0 Å². The molecule has 0 aliphatic heterocycles. The topological polar surface area (TPSA) is 81.0 Å². The molecule has 0 fully saturated rings. The normalized spacial score (nSPS) is 10.8. The highest BCUT2D eigenvalue weighted by Gasteiger charge is 2.14. The lowest BCUT2D eigenvalue weighted by Crippen LogP contribution is -2.43. The summed E-state index contributed by atoms with van der Waals surface area (Å²) in [6.45, 7) is 0.0871. The average Bonchev–Trinajstić information content (AvgIpc) is 3.17. The number of aromatic nitrogens is 3. The van der Waals surface area contributed by atoms with Gasteiger partial charge in [0, 0.05) is 13.2 Å². The van der Waals surface area contributed by atoms with Crippen LogP contribution in [0.25, 0.3) is 11.0 Å². The number of hydrogen-bond acceptors (Lipinski definition) is 4. The summed E-state index contributed by atoms with van der Waals surface area (Å²) >= 11 is 1.64. The molecule has 0 aliphatic carbocycles. The maximum absolute atomic E-state index is 12.3. The second-order valence-corrected chi connectivity index (χ2v) is 6.41. The molecule has 3 aromatic rings. The van der Waals surface area contributed by atoms with Gasteiger partial charge >= 0.3 is 0 Å². The molecule has 2 aromatic heterocycles. The third-order valence-electron chi connectivity index (χ3n) is 3.80. The Balaban J connectivity index is 1.70. The Kier molecular flexibility index (Phi) is 5.08. The molecule has 0 saturated heterocycles. The van der Waals surface area contributed by atoms with Crippen LogP contribution in [0.15, 0.2) is 42.6 Å². The predicted molar refractivity (Wildman–Crippen MR) is 98.0 cm³/mol. The number of amides is 2. The summed E-state index contributed by atoms with van der Waals surface area (Å²) in [4.78, 5) is 28.9. The lowest BCUT2D eigenvalue weighted by Gasteiger charge is -2.11. The van der Waals surface area contributed by atoms with Crippen molar-refractivity contribution in [3.63, 3.8) is 0 Å². The van der Waals surface area contributed by atoms with Gasteiger partial charge in [-0.3, -0.25) is 20.4 Å². The molecule has 0 radical (unpaired) electrons. The number of hydrazine groups is 1. The lowest BCUT2D eigenvalue weighted by molar-refractivity contribution is -0.122. The first-order chi connectivity index (χ1) is 12.1. The van der Waals surface area contributed by atoms with Gasteiger partial charge in [-0.1, -0.05) is 12.1 Å². The molecule has 8 heteroatoms. The molecular formula is C17H19N5O2S. The number of nitrogens with zero attached hydrogens (tertiary/aromatic N) is 3. The smallest absolute Gasteiger partial charge is 0.286 e. The van der Waals surface area contributed by atoms with Gasteiger partial charge in [0.1, 0.15) is 18.1 Å². The van der Waals surface area contributed by atoms with Gasteiger partial charge in [-0.05, 0) is 30.5 Å². The van der Waals surface area contributed by atoms with E-state index in [0.717, 1.165) is 16.9 Å². The number of rotatable bonds is 5. The van der Waals surface area contributed by atoms with Gasteiger partial charge < -0.3 is 9.13 Å². The summed E-state index contributed by atoms with van der Waals surface area (Å²) in [5.74, 6) is 0.865. The number of carbonyl (C=O) groups is 2. The molecule has 0 unspecified atom stereocenters. The Morgan fingerprint density at radius 2 is 1.96 bits per heavy atom. The second kappa shape index (κ2) is 7.43. The minimum Gasteiger partial charge on any atom is -0.347 e. The van der Waals surface area contributed by atoms with E-state index < -0.39 is 0 Å². The Labute approximate surface area is 149 Å². The zero-order valence-electron chi connectivity index (χ0n) is 14.0. The number of thioether (sulfide) groups is 1. The summed E-state index contributed by atoms with van der Waals surface area (Å²) in [7, 11) is 1.77. The molecular weight excluding hydrogens is 338 g/mol. The van der Waals surface area contributed by atoms with Gasteiger partial charge in [0.25, 0.3) is 11.8 Å². The van der Waals surface area contributed by atoms with Gasteiger partial charge in [-0.2, -0.15) is 11.8 Å². The van der Waals surface area contributed by atoms with Gasteiger partial charge in [0.05, 0.1) is 16.8 Å². The number of benzene rings is 1. The van der Waals surface area contributed by atoms with Crippen molar-refractivity contribution in [3.8, 4) is 0 Å². The number of fused-ring (bicyclic) bond motifs is 1. The van der Waals surface area contributed by atoms with Crippen LogP contribution >= 0.6 is 11.8 Å². The molecule has 1 aromatic carbocycles. The first-order valence-electron chi connectivity index (χ1n) is 7.73. The van der Waals surface area contributed by atoms with Crippen molar-refractivity contribution < 1.29 is 9.59 Å². The third-order valence-corrected chi connectivity index (χ3v) is 4.35. The monoisotopic (exact) mass is 357 g/mol. The molecule has 7 nitrogen and oxygen atoms in total. The first-order valence-corrected chi connectivity index (χ1v) is 9.13. The molecule has 0 atom stereocenters. The van der Waals surface area contributed by atoms with Crippen molar-refractivity contribution in [2.24, 2.45) is 7.05 Å². The number of aryl methyl sites for hydroxylation is 1. The minimum absolute atomic E-state index is 0.0871. The van der Waals surface area contributed by atoms with Crippen LogP contribution in [0.1, 0.15) is 16.3 Å². The number of hydrogen-bond donors (Lipinski definition) is 2. The quantitative estimate of drug-likeness (QED) is 0.681. The maximum Gasteiger partial charge on any atom is 0.286 e. The van der Waals surface area contributed by atoms with Crippen molar-refractivity contribution in [1.29, 1.82) is 0 Å². The highest BCUT2D eigenvalue weighted by atomic mass is 32.2. The van der Waals surface area contributed by atoms with Crippen LogP contribution in [0.3, 0.4) is 0 Å². The van der Waals surface area contributed by atoms with E-state index in [1.54, 1.807) is 41.7 Å². The molecule has 2 N–H and O–H groups in total. The van der Waals surface area contributed by atoms with E-state index in [1.807, 2.05) is 35.1 Å². The average molecular weight is 357 g/mol. The van der Waals surface area contributed by atoms with Crippen molar-refractivity contribution in [3.05, 3.63) is 54.1 Å². The summed E-state index contributed by atoms with van der Waals surface area (Å²) < 4.78 is 3.55. The molecule has 0 saturated carbocycles. The largest absolute Gasteiger partial charge is 0.347 e. The Bertz CT molecular complexity index is 915. The molecule has 130 valence electrons. The number of imidazole rings is 1. The van der Waals surface area contributed by atoms with Crippen molar-refractivity contribution in [2.75, 3.05) is 6.26 Å². The Morgan fingerprint density at radius 3 is 2.68 bits per heavy atom. The van der Waals surface area contributed by atoms with Crippen LogP contribution in [-0.4, -0.2) is 32.2 Å². The zero-order valence-corrected chi connectivity index (χ0v) is 14.8.